The molecule has 0 bridgehead atoms. The molecule has 1 aliphatic carbocycles. The van der Waals surface area contributed by atoms with Crippen LogP contribution in [0, 0.1) is 12.3 Å². The normalized spacial score (nSPS) is 19.7. The van der Waals surface area contributed by atoms with Crippen LogP contribution >= 0.6 is 0 Å². The average Bonchev–Trinajstić information content (AvgIpc) is 3.40. The summed E-state index contributed by atoms with van der Waals surface area (Å²) in [4.78, 5) is 26.8. The summed E-state index contributed by atoms with van der Waals surface area (Å²) < 4.78 is 5.44. The van der Waals surface area contributed by atoms with E-state index >= 15 is 0 Å². The predicted octanol–water partition coefficient (Wildman–Crippen LogP) is 4.10. The highest BCUT2D eigenvalue weighted by molar-refractivity contribution is 6.04. The molecule has 1 saturated heterocycles. The van der Waals surface area contributed by atoms with E-state index in [0.29, 0.717) is 11.6 Å². The molecule has 1 aliphatic heterocycles. The maximum atomic E-state index is 13.4. The van der Waals surface area contributed by atoms with Crippen molar-refractivity contribution in [1.82, 2.24) is 9.88 Å². The number of aromatic nitrogens is 1. The third-order valence-electron chi connectivity index (χ3n) is 8.02. The average molecular weight is 481 g/mol. The van der Waals surface area contributed by atoms with E-state index in [1.807, 2.05) is 30.2 Å². The van der Waals surface area contributed by atoms with Crippen LogP contribution in [-0.4, -0.2) is 53.5 Å². The Bertz CT molecular complexity index is 970. The number of piperidine rings is 1. The Balaban J connectivity index is 1.41. The summed E-state index contributed by atoms with van der Waals surface area (Å²) in [6.07, 6.45) is 12.4. The monoisotopic (exact) mass is 480 g/mol. The highest BCUT2D eigenvalue weighted by Gasteiger charge is 2.38. The van der Waals surface area contributed by atoms with Crippen molar-refractivity contribution in [3.8, 4) is 0 Å². The number of hydrogen-bond donors (Lipinski definition) is 2. The fourth-order valence-electron chi connectivity index (χ4n) is 5.85. The van der Waals surface area contributed by atoms with E-state index in [2.05, 4.69) is 21.8 Å². The summed E-state index contributed by atoms with van der Waals surface area (Å²) in [6.45, 7) is 7.10. The number of carbonyl (C=O) groups is 1. The molecular weight excluding hydrogens is 440 g/mol. The number of pyridine rings is 1. The number of rotatable bonds is 8. The molecule has 2 aromatic rings. The van der Waals surface area contributed by atoms with Crippen LogP contribution in [0.2, 0.25) is 0 Å². The van der Waals surface area contributed by atoms with Crippen LogP contribution in [0.3, 0.4) is 0 Å². The van der Waals surface area contributed by atoms with Crippen molar-refractivity contribution < 1.29 is 9.21 Å². The highest BCUT2D eigenvalue weighted by Crippen LogP contribution is 2.44. The van der Waals surface area contributed by atoms with Gasteiger partial charge in [0.1, 0.15) is 5.82 Å². The molecule has 0 radical (unpaired) electrons. The molecular formula is C27H40N6O2. The van der Waals surface area contributed by atoms with Crippen LogP contribution in [0.5, 0.6) is 0 Å². The SMILES string of the molecule is Cc1ccc(N(C(=O)c2ccco2)C2CCN(CCC3(C(C)N=C(N)N)CCCCC3)CC2)nc1. The topological polar surface area (TPSA) is 114 Å². The molecule has 2 fully saturated rings. The Morgan fingerprint density at radius 2 is 1.97 bits per heavy atom. The molecule has 3 heterocycles. The number of aliphatic imine (C=N–C) groups is 1. The van der Waals surface area contributed by atoms with Crippen molar-refractivity contribution in [2.75, 3.05) is 24.5 Å². The van der Waals surface area contributed by atoms with Crippen LogP contribution in [0.1, 0.15) is 74.4 Å². The van der Waals surface area contributed by atoms with E-state index in [-0.39, 0.29) is 29.4 Å². The van der Waals surface area contributed by atoms with Gasteiger partial charge in [-0.2, -0.15) is 0 Å². The first-order valence-electron chi connectivity index (χ1n) is 13.0. The Labute approximate surface area is 208 Å². The molecule has 0 spiro atoms. The van der Waals surface area contributed by atoms with Gasteiger partial charge >= 0.3 is 0 Å². The lowest BCUT2D eigenvalue weighted by Gasteiger charge is -2.43. The van der Waals surface area contributed by atoms with Gasteiger partial charge in [-0.1, -0.05) is 25.3 Å². The molecule has 1 saturated carbocycles. The van der Waals surface area contributed by atoms with Gasteiger partial charge < -0.3 is 20.8 Å². The first-order valence-corrected chi connectivity index (χ1v) is 13.0. The molecule has 8 nitrogen and oxygen atoms in total. The zero-order valence-electron chi connectivity index (χ0n) is 21.2. The van der Waals surface area contributed by atoms with Crippen molar-refractivity contribution in [3.05, 3.63) is 48.0 Å². The Hall–Kier alpha value is -2.87. The van der Waals surface area contributed by atoms with E-state index in [4.69, 9.17) is 15.9 Å². The van der Waals surface area contributed by atoms with E-state index in [1.165, 1.54) is 32.1 Å². The summed E-state index contributed by atoms with van der Waals surface area (Å²) in [7, 11) is 0. The maximum absolute atomic E-state index is 13.4. The number of nitrogens with zero attached hydrogens (tertiary/aromatic N) is 4. The molecule has 2 aliphatic rings. The van der Waals surface area contributed by atoms with Crippen LogP contribution in [0.25, 0.3) is 0 Å². The number of furan rings is 1. The minimum absolute atomic E-state index is 0.0864. The Morgan fingerprint density at radius 3 is 2.57 bits per heavy atom. The van der Waals surface area contributed by atoms with Crippen molar-refractivity contribution in [1.29, 1.82) is 0 Å². The van der Waals surface area contributed by atoms with Crippen molar-refractivity contribution in [3.63, 3.8) is 0 Å². The smallest absolute Gasteiger partial charge is 0.295 e. The van der Waals surface area contributed by atoms with Crippen molar-refractivity contribution in [2.24, 2.45) is 21.9 Å². The molecule has 4 rings (SSSR count). The van der Waals surface area contributed by atoms with Gasteiger partial charge in [-0.25, -0.2) is 4.98 Å². The van der Waals surface area contributed by atoms with Gasteiger partial charge in [-0.3, -0.25) is 14.7 Å². The van der Waals surface area contributed by atoms with E-state index < -0.39 is 0 Å². The van der Waals surface area contributed by atoms with Crippen LogP contribution in [0.4, 0.5) is 5.82 Å². The number of guanidine groups is 1. The lowest BCUT2D eigenvalue weighted by molar-refractivity contribution is 0.0906. The zero-order chi connectivity index (χ0) is 24.8. The van der Waals surface area contributed by atoms with Crippen LogP contribution in [-0.2, 0) is 0 Å². The van der Waals surface area contributed by atoms with Crippen LogP contribution in [0.15, 0.2) is 46.1 Å². The molecule has 4 N–H and O–H groups in total. The van der Waals surface area contributed by atoms with Gasteiger partial charge in [-0.05, 0) is 81.7 Å². The van der Waals surface area contributed by atoms with Crippen molar-refractivity contribution in [2.45, 2.75) is 77.3 Å². The van der Waals surface area contributed by atoms with E-state index in [0.717, 1.165) is 44.5 Å². The first kappa shape index (κ1) is 25.2. The molecule has 0 aromatic carbocycles. The second-order valence-corrected chi connectivity index (χ2v) is 10.3. The number of aryl methyl sites for hydroxylation is 1. The van der Waals surface area contributed by atoms with E-state index in [1.54, 1.807) is 18.4 Å². The number of hydrogen-bond acceptors (Lipinski definition) is 5. The van der Waals surface area contributed by atoms with Gasteiger partial charge in [0.2, 0.25) is 0 Å². The summed E-state index contributed by atoms with van der Waals surface area (Å²) in [5.74, 6) is 1.09. The third-order valence-corrected chi connectivity index (χ3v) is 8.02. The van der Waals surface area contributed by atoms with E-state index in [9.17, 15) is 4.79 Å². The van der Waals surface area contributed by atoms with Gasteiger partial charge in [0.05, 0.1) is 12.3 Å². The quantitative estimate of drug-likeness (QED) is 0.434. The number of likely N-dealkylation sites (tertiary alicyclic amines) is 1. The summed E-state index contributed by atoms with van der Waals surface area (Å²) in [5.41, 5.74) is 12.7. The zero-order valence-corrected chi connectivity index (χ0v) is 21.2. The van der Waals surface area contributed by atoms with Crippen LogP contribution < -0.4 is 16.4 Å². The second-order valence-electron chi connectivity index (χ2n) is 10.3. The fraction of sp³-hybridized carbons (Fsp3) is 0.593. The lowest BCUT2D eigenvalue weighted by Crippen LogP contribution is -2.49. The van der Waals surface area contributed by atoms with Crippen molar-refractivity contribution >= 4 is 17.7 Å². The van der Waals surface area contributed by atoms with Gasteiger partial charge in [0, 0.05) is 25.3 Å². The molecule has 1 amide bonds. The molecule has 1 unspecified atom stereocenters. The fourth-order valence-corrected chi connectivity index (χ4v) is 5.85. The number of anilines is 1. The minimum Gasteiger partial charge on any atom is -0.459 e. The van der Waals surface area contributed by atoms with Gasteiger partial charge in [0.15, 0.2) is 11.7 Å². The number of nitrogens with two attached hydrogens (primary N) is 2. The van der Waals surface area contributed by atoms with Gasteiger partial charge in [0.25, 0.3) is 5.91 Å². The molecule has 35 heavy (non-hydrogen) atoms. The predicted molar refractivity (Wildman–Crippen MR) is 139 cm³/mol. The second kappa shape index (κ2) is 11.2. The number of carbonyl (C=O) groups excluding carboxylic acids is 1. The Kier molecular flexibility index (Phi) is 8.11. The first-order chi connectivity index (χ1) is 16.9. The third kappa shape index (κ3) is 6.04. The maximum Gasteiger partial charge on any atom is 0.295 e. The number of amides is 1. The molecule has 8 heteroatoms. The minimum atomic E-state index is -0.128. The van der Waals surface area contributed by atoms with Gasteiger partial charge in [-0.15, -0.1) is 0 Å². The molecule has 2 aromatic heterocycles. The summed E-state index contributed by atoms with van der Waals surface area (Å²) in [6, 6.07) is 7.63. The highest BCUT2D eigenvalue weighted by atomic mass is 16.3. The summed E-state index contributed by atoms with van der Waals surface area (Å²) >= 11 is 0. The lowest BCUT2D eigenvalue weighted by atomic mass is 9.67. The summed E-state index contributed by atoms with van der Waals surface area (Å²) in [5, 5.41) is 0. The molecule has 1 atom stereocenters. The standard InChI is InChI=1S/C27H40N6O2/c1-20-8-9-24(30-19-20)33(25(34)23-7-6-18-35-23)22-10-15-32(16-11-22)17-14-27(12-4-3-5-13-27)21(2)31-26(28)29/h6-9,18-19,21-22H,3-5,10-17H2,1-2H3,(H4,28,29,31). The largest absolute Gasteiger partial charge is 0.459 e. The molecule has 190 valence electrons. The Morgan fingerprint density at radius 1 is 1.23 bits per heavy atom.